The minimum atomic E-state index is -0.713. The van der Waals surface area contributed by atoms with E-state index in [0.717, 1.165) is 31.4 Å². The van der Waals surface area contributed by atoms with Gasteiger partial charge in [-0.25, -0.2) is 9.97 Å². The Bertz CT molecular complexity index is 414. The van der Waals surface area contributed by atoms with Gasteiger partial charge in [0.25, 0.3) is 0 Å². The van der Waals surface area contributed by atoms with E-state index in [9.17, 15) is 9.90 Å². The van der Waals surface area contributed by atoms with E-state index in [2.05, 4.69) is 15.3 Å². The molecule has 1 saturated carbocycles. The molecule has 92 valence electrons. The summed E-state index contributed by atoms with van der Waals surface area (Å²) in [4.78, 5) is 19.6. The minimum Gasteiger partial charge on any atom is -0.481 e. The maximum absolute atomic E-state index is 11.3. The fourth-order valence-electron chi connectivity index (χ4n) is 2.30. The number of carboxylic acids is 1. The molecule has 1 fully saturated rings. The first-order valence-corrected chi connectivity index (χ1v) is 5.89. The Labute approximate surface area is 100 Å². The molecule has 1 aromatic rings. The number of anilines is 1. The number of hydrogen-bond acceptors (Lipinski definition) is 4. The summed E-state index contributed by atoms with van der Waals surface area (Å²) < 4.78 is 0. The minimum absolute atomic E-state index is 0.409. The van der Waals surface area contributed by atoms with E-state index in [4.69, 9.17) is 0 Å². The maximum atomic E-state index is 11.3. The average Bonchev–Trinajstić information content (AvgIpc) is 2.76. The molecule has 0 spiro atoms. The first kappa shape index (κ1) is 11.8. The summed E-state index contributed by atoms with van der Waals surface area (Å²) in [6.07, 6.45) is 5.13. The predicted molar refractivity (Wildman–Crippen MR) is 63.8 cm³/mol. The predicted octanol–water partition coefficient (Wildman–Crippen LogP) is 1.84. The van der Waals surface area contributed by atoms with Crippen molar-refractivity contribution in [2.45, 2.75) is 32.6 Å². The normalized spacial score (nSPS) is 17.9. The highest BCUT2D eigenvalue weighted by atomic mass is 16.4. The van der Waals surface area contributed by atoms with Crippen molar-refractivity contribution < 1.29 is 9.90 Å². The van der Waals surface area contributed by atoms with E-state index in [1.54, 1.807) is 6.20 Å². The SMILES string of the molecule is Cc1ccnc(NCC2(C(=O)O)CCCC2)n1. The Balaban J connectivity index is 2.03. The van der Waals surface area contributed by atoms with Crippen molar-refractivity contribution in [3.8, 4) is 0 Å². The molecule has 1 aliphatic carbocycles. The highest BCUT2D eigenvalue weighted by Gasteiger charge is 2.41. The lowest BCUT2D eigenvalue weighted by atomic mass is 9.86. The summed E-state index contributed by atoms with van der Waals surface area (Å²) in [5.74, 6) is -0.201. The fraction of sp³-hybridized carbons (Fsp3) is 0.583. The van der Waals surface area contributed by atoms with Crippen molar-refractivity contribution in [1.29, 1.82) is 0 Å². The number of hydrogen-bond donors (Lipinski definition) is 2. The lowest BCUT2D eigenvalue weighted by molar-refractivity contribution is -0.147. The van der Waals surface area contributed by atoms with Crippen molar-refractivity contribution >= 4 is 11.9 Å². The highest BCUT2D eigenvalue weighted by molar-refractivity contribution is 5.75. The standard InChI is InChI=1S/C12H17N3O2/c1-9-4-7-13-11(15-9)14-8-12(10(16)17)5-2-3-6-12/h4,7H,2-3,5-6,8H2,1H3,(H,16,17)(H,13,14,15). The van der Waals surface area contributed by atoms with Crippen LogP contribution in [0.15, 0.2) is 12.3 Å². The molecule has 17 heavy (non-hydrogen) atoms. The molecule has 0 bridgehead atoms. The Morgan fingerprint density at radius 3 is 2.82 bits per heavy atom. The molecule has 0 atom stereocenters. The summed E-state index contributed by atoms with van der Waals surface area (Å²) in [5, 5.41) is 12.4. The Morgan fingerprint density at radius 1 is 1.53 bits per heavy atom. The van der Waals surface area contributed by atoms with Crippen molar-refractivity contribution in [2.24, 2.45) is 5.41 Å². The van der Waals surface area contributed by atoms with Crippen molar-refractivity contribution in [2.75, 3.05) is 11.9 Å². The van der Waals surface area contributed by atoms with Crippen LogP contribution in [-0.4, -0.2) is 27.6 Å². The van der Waals surface area contributed by atoms with Crippen LogP contribution in [0.5, 0.6) is 0 Å². The molecule has 0 saturated heterocycles. The summed E-state index contributed by atoms with van der Waals surface area (Å²) in [5.41, 5.74) is 0.242. The van der Waals surface area contributed by atoms with Gasteiger partial charge in [-0.15, -0.1) is 0 Å². The molecule has 0 amide bonds. The largest absolute Gasteiger partial charge is 0.481 e. The molecule has 2 rings (SSSR count). The summed E-state index contributed by atoms with van der Waals surface area (Å²) in [6, 6.07) is 1.81. The van der Waals surface area contributed by atoms with Gasteiger partial charge in [0, 0.05) is 18.4 Å². The number of carbonyl (C=O) groups is 1. The first-order valence-electron chi connectivity index (χ1n) is 5.89. The molecule has 2 N–H and O–H groups in total. The van der Waals surface area contributed by atoms with Crippen LogP contribution >= 0.6 is 0 Å². The number of nitrogens with one attached hydrogen (secondary N) is 1. The summed E-state index contributed by atoms with van der Waals surface area (Å²) >= 11 is 0. The average molecular weight is 235 g/mol. The Hall–Kier alpha value is -1.65. The Morgan fingerprint density at radius 2 is 2.24 bits per heavy atom. The van der Waals surface area contributed by atoms with Crippen molar-refractivity contribution in [1.82, 2.24) is 9.97 Å². The molecule has 0 aromatic carbocycles. The van der Waals surface area contributed by atoms with Crippen molar-refractivity contribution in [3.63, 3.8) is 0 Å². The van der Waals surface area contributed by atoms with Gasteiger partial charge in [-0.1, -0.05) is 12.8 Å². The summed E-state index contributed by atoms with van der Waals surface area (Å²) in [6.45, 7) is 2.29. The van der Waals surface area contributed by atoms with Crippen LogP contribution in [0.25, 0.3) is 0 Å². The number of rotatable bonds is 4. The smallest absolute Gasteiger partial charge is 0.311 e. The van der Waals surface area contributed by atoms with Gasteiger partial charge in [0.1, 0.15) is 0 Å². The molecule has 0 radical (unpaired) electrons. The van der Waals surface area contributed by atoms with Crippen LogP contribution < -0.4 is 5.32 Å². The lowest BCUT2D eigenvalue weighted by Crippen LogP contribution is -2.35. The zero-order valence-electron chi connectivity index (χ0n) is 9.94. The third-order valence-corrected chi connectivity index (χ3v) is 3.39. The van der Waals surface area contributed by atoms with Crippen LogP contribution in [0, 0.1) is 12.3 Å². The van der Waals surface area contributed by atoms with Gasteiger partial charge in [-0.2, -0.15) is 0 Å². The van der Waals surface area contributed by atoms with Crippen molar-refractivity contribution in [3.05, 3.63) is 18.0 Å². The number of aromatic nitrogens is 2. The van der Waals surface area contributed by atoms with E-state index >= 15 is 0 Å². The second-order valence-corrected chi connectivity index (χ2v) is 4.67. The van der Waals surface area contributed by atoms with E-state index in [1.807, 2.05) is 13.0 Å². The maximum Gasteiger partial charge on any atom is 0.311 e. The van der Waals surface area contributed by atoms with Crippen LogP contribution in [-0.2, 0) is 4.79 Å². The number of carboxylic acid groups (broad SMARTS) is 1. The second kappa shape index (κ2) is 4.69. The third kappa shape index (κ3) is 2.54. The van der Waals surface area contributed by atoms with Gasteiger partial charge < -0.3 is 10.4 Å². The van der Waals surface area contributed by atoms with Gasteiger partial charge >= 0.3 is 5.97 Å². The zero-order valence-corrected chi connectivity index (χ0v) is 9.94. The van der Waals surface area contributed by atoms with Crippen LogP contribution in [0.4, 0.5) is 5.95 Å². The molecular formula is C12H17N3O2. The van der Waals surface area contributed by atoms with Gasteiger partial charge in [-0.05, 0) is 25.8 Å². The molecule has 0 aliphatic heterocycles. The molecule has 0 unspecified atom stereocenters. The van der Waals surface area contributed by atoms with E-state index in [1.165, 1.54) is 0 Å². The number of aliphatic carboxylic acids is 1. The monoisotopic (exact) mass is 235 g/mol. The topological polar surface area (TPSA) is 75.1 Å². The van der Waals surface area contributed by atoms with Gasteiger partial charge in [0.2, 0.25) is 5.95 Å². The fourth-order valence-corrected chi connectivity index (χ4v) is 2.30. The van der Waals surface area contributed by atoms with Crippen LogP contribution in [0.2, 0.25) is 0 Å². The zero-order chi connectivity index (χ0) is 12.3. The van der Waals surface area contributed by atoms with E-state index < -0.39 is 11.4 Å². The molecule has 1 heterocycles. The van der Waals surface area contributed by atoms with Gasteiger partial charge in [0.05, 0.1) is 5.41 Å². The lowest BCUT2D eigenvalue weighted by Gasteiger charge is -2.23. The molecule has 1 aliphatic rings. The summed E-state index contributed by atoms with van der Waals surface area (Å²) in [7, 11) is 0. The number of nitrogens with zero attached hydrogens (tertiary/aromatic N) is 2. The molecule has 5 nitrogen and oxygen atoms in total. The number of aryl methyl sites for hydroxylation is 1. The first-order chi connectivity index (χ1) is 8.12. The second-order valence-electron chi connectivity index (χ2n) is 4.67. The van der Waals surface area contributed by atoms with Crippen LogP contribution in [0.1, 0.15) is 31.4 Å². The Kier molecular flexibility index (Phi) is 3.26. The van der Waals surface area contributed by atoms with Gasteiger partial charge in [-0.3, -0.25) is 4.79 Å². The van der Waals surface area contributed by atoms with Crippen LogP contribution in [0.3, 0.4) is 0 Å². The van der Waals surface area contributed by atoms with E-state index in [0.29, 0.717) is 12.5 Å². The van der Waals surface area contributed by atoms with E-state index in [-0.39, 0.29) is 0 Å². The highest BCUT2D eigenvalue weighted by Crippen LogP contribution is 2.38. The third-order valence-electron chi connectivity index (χ3n) is 3.39. The molecular weight excluding hydrogens is 218 g/mol. The molecule has 1 aromatic heterocycles. The quantitative estimate of drug-likeness (QED) is 0.832. The van der Waals surface area contributed by atoms with Gasteiger partial charge in [0.15, 0.2) is 0 Å². The molecule has 5 heteroatoms.